The van der Waals surface area contributed by atoms with Crippen LogP contribution in [0.3, 0.4) is 0 Å². The van der Waals surface area contributed by atoms with Crippen molar-refractivity contribution in [2.24, 2.45) is 11.4 Å². The SMILES string of the molecule is Cc1cc(C)n(C)c(=NS(=O)(=O)c2ccc(N)cc2)n1. The molecule has 0 aliphatic heterocycles. The Labute approximate surface area is 117 Å². The Morgan fingerprint density at radius 2 is 1.80 bits per heavy atom. The number of aromatic nitrogens is 2. The van der Waals surface area contributed by atoms with Crippen molar-refractivity contribution >= 4 is 15.7 Å². The first kappa shape index (κ1) is 14.3. The molecule has 0 saturated carbocycles. The number of benzene rings is 1. The molecule has 1 aromatic carbocycles. The summed E-state index contributed by atoms with van der Waals surface area (Å²) in [5.74, 6) is 0. The van der Waals surface area contributed by atoms with Crippen LogP contribution >= 0.6 is 0 Å². The Balaban J connectivity index is 2.62. The second-order valence-electron chi connectivity index (χ2n) is 4.53. The van der Waals surface area contributed by atoms with Gasteiger partial charge in [0.25, 0.3) is 10.0 Å². The fraction of sp³-hybridized carbons (Fsp3) is 0.231. The largest absolute Gasteiger partial charge is 0.399 e. The van der Waals surface area contributed by atoms with E-state index in [0.717, 1.165) is 5.69 Å². The number of nitrogens with zero attached hydrogens (tertiary/aromatic N) is 3. The van der Waals surface area contributed by atoms with E-state index in [2.05, 4.69) is 9.38 Å². The second-order valence-corrected chi connectivity index (χ2v) is 6.14. The van der Waals surface area contributed by atoms with Crippen molar-refractivity contribution in [1.82, 2.24) is 9.55 Å². The van der Waals surface area contributed by atoms with Crippen molar-refractivity contribution in [2.75, 3.05) is 5.73 Å². The van der Waals surface area contributed by atoms with Gasteiger partial charge in [-0.15, -0.1) is 4.40 Å². The van der Waals surface area contributed by atoms with Gasteiger partial charge in [-0.25, -0.2) is 4.98 Å². The average Bonchev–Trinajstić information content (AvgIpc) is 2.35. The molecule has 0 atom stereocenters. The van der Waals surface area contributed by atoms with E-state index in [1.807, 2.05) is 13.0 Å². The predicted molar refractivity (Wildman–Crippen MR) is 76.3 cm³/mol. The number of aryl methyl sites for hydroxylation is 2. The van der Waals surface area contributed by atoms with Gasteiger partial charge in [-0.2, -0.15) is 8.42 Å². The molecule has 2 rings (SSSR count). The van der Waals surface area contributed by atoms with Crippen LogP contribution in [0.15, 0.2) is 39.6 Å². The summed E-state index contributed by atoms with van der Waals surface area (Å²) < 4.78 is 29.9. The van der Waals surface area contributed by atoms with Crippen molar-refractivity contribution in [3.63, 3.8) is 0 Å². The van der Waals surface area contributed by atoms with Gasteiger partial charge in [-0.05, 0) is 44.2 Å². The normalized spacial score (nSPS) is 12.7. The zero-order valence-electron chi connectivity index (χ0n) is 11.5. The lowest BCUT2D eigenvalue weighted by Gasteiger charge is -2.06. The molecule has 1 aromatic heterocycles. The molecule has 0 spiro atoms. The maximum atomic E-state index is 12.2. The topological polar surface area (TPSA) is 90.3 Å². The van der Waals surface area contributed by atoms with Crippen molar-refractivity contribution in [2.45, 2.75) is 18.7 Å². The summed E-state index contributed by atoms with van der Waals surface area (Å²) in [6.07, 6.45) is 0. The van der Waals surface area contributed by atoms with Crippen LogP contribution in [0.2, 0.25) is 0 Å². The molecule has 2 N–H and O–H groups in total. The van der Waals surface area contributed by atoms with E-state index in [4.69, 9.17) is 5.73 Å². The predicted octanol–water partition coefficient (Wildman–Crippen LogP) is 0.909. The van der Waals surface area contributed by atoms with Crippen LogP contribution in [0.5, 0.6) is 0 Å². The van der Waals surface area contributed by atoms with E-state index >= 15 is 0 Å². The van der Waals surface area contributed by atoms with E-state index < -0.39 is 10.0 Å². The fourth-order valence-corrected chi connectivity index (χ4v) is 2.67. The third-order valence-corrected chi connectivity index (χ3v) is 4.17. The monoisotopic (exact) mass is 292 g/mol. The average molecular weight is 292 g/mol. The summed E-state index contributed by atoms with van der Waals surface area (Å²) >= 11 is 0. The van der Waals surface area contributed by atoms with Crippen LogP contribution in [-0.2, 0) is 17.1 Å². The van der Waals surface area contributed by atoms with E-state index in [9.17, 15) is 8.42 Å². The summed E-state index contributed by atoms with van der Waals surface area (Å²) in [5, 5.41) is 0. The maximum Gasteiger partial charge on any atom is 0.285 e. The molecule has 0 fully saturated rings. The molecular weight excluding hydrogens is 276 g/mol. The first-order chi connectivity index (χ1) is 9.29. The minimum atomic E-state index is -3.80. The Morgan fingerprint density at radius 3 is 2.40 bits per heavy atom. The van der Waals surface area contributed by atoms with Gasteiger partial charge >= 0.3 is 0 Å². The Bertz CT molecular complexity index is 805. The number of nitrogen functional groups attached to an aromatic ring is 1. The highest BCUT2D eigenvalue weighted by atomic mass is 32.2. The lowest BCUT2D eigenvalue weighted by atomic mass is 10.3. The first-order valence-electron chi connectivity index (χ1n) is 5.97. The van der Waals surface area contributed by atoms with Crippen molar-refractivity contribution < 1.29 is 8.42 Å². The van der Waals surface area contributed by atoms with Gasteiger partial charge in [0.2, 0.25) is 5.62 Å². The van der Waals surface area contributed by atoms with Gasteiger partial charge in [0, 0.05) is 24.1 Å². The first-order valence-corrected chi connectivity index (χ1v) is 7.41. The van der Waals surface area contributed by atoms with E-state index in [1.165, 1.54) is 24.3 Å². The molecule has 6 nitrogen and oxygen atoms in total. The number of rotatable bonds is 2. The lowest BCUT2D eigenvalue weighted by Crippen LogP contribution is -2.26. The number of sulfonamides is 1. The minimum Gasteiger partial charge on any atom is -0.399 e. The summed E-state index contributed by atoms with van der Waals surface area (Å²) in [6, 6.07) is 7.76. The zero-order valence-corrected chi connectivity index (χ0v) is 12.3. The standard InChI is InChI=1S/C13H16N4O2S/c1-9-8-10(2)17(3)13(15-9)16-20(18,19)12-6-4-11(14)5-7-12/h4-8H,14H2,1-3H3. The number of hydrogen-bond acceptors (Lipinski definition) is 4. The van der Waals surface area contributed by atoms with Crippen molar-refractivity contribution in [3.8, 4) is 0 Å². The summed E-state index contributed by atoms with van der Waals surface area (Å²) in [7, 11) is -2.08. The number of hydrogen-bond donors (Lipinski definition) is 1. The highest BCUT2D eigenvalue weighted by Crippen LogP contribution is 2.13. The zero-order chi connectivity index (χ0) is 14.9. The van der Waals surface area contributed by atoms with Crippen LogP contribution in [0.25, 0.3) is 0 Å². The van der Waals surface area contributed by atoms with Crippen LogP contribution < -0.4 is 11.4 Å². The molecule has 0 aliphatic rings. The molecule has 7 heteroatoms. The maximum absolute atomic E-state index is 12.2. The molecule has 106 valence electrons. The van der Waals surface area contributed by atoms with Gasteiger partial charge in [0.1, 0.15) is 0 Å². The van der Waals surface area contributed by atoms with Gasteiger partial charge in [0.05, 0.1) is 4.90 Å². The van der Waals surface area contributed by atoms with E-state index in [-0.39, 0.29) is 10.5 Å². The highest BCUT2D eigenvalue weighted by Gasteiger charge is 2.13. The number of anilines is 1. The molecule has 0 saturated heterocycles. The molecular formula is C13H16N4O2S. The van der Waals surface area contributed by atoms with Crippen LogP contribution in [0, 0.1) is 13.8 Å². The Kier molecular flexibility index (Phi) is 3.63. The Morgan fingerprint density at radius 1 is 1.20 bits per heavy atom. The van der Waals surface area contributed by atoms with Gasteiger partial charge in [-0.3, -0.25) is 0 Å². The van der Waals surface area contributed by atoms with Gasteiger partial charge in [0.15, 0.2) is 0 Å². The Hall–Kier alpha value is -2.15. The number of nitrogens with two attached hydrogens (primary N) is 1. The minimum absolute atomic E-state index is 0.0904. The molecule has 0 radical (unpaired) electrons. The van der Waals surface area contributed by atoms with E-state index in [0.29, 0.717) is 11.4 Å². The molecule has 0 amide bonds. The molecule has 0 unspecified atom stereocenters. The van der Waals surface area contributed by atoms with Crippen molar-refractivity contribution in [1.29, 1.82) is 0 Å². The van der Waals surface area contributed by atoms with Crippen LogP contribution in [0.4, 0.5) is 5.69 Å². The van der Waals surface area contributed by atoms with Crippen LogP contribution in [-0.4, -0.2) is 18.0 Å². The highest BCUT2D eigenvalue weighted by molar-refractivity contribution is 7.90. The van der Waals surface area contributed by atoms with Crippen molar-refractivity contribution in [3.05, 3.63) is 47.3 Å². The fourth-order valence-electron chi connectivity index (χ4n) is 1.70. The quantitative estimate of drug-likeness (QED) is 0.833. The molecule has 20 heavy (non-hydrogen) atoms. The van der Waals surface area contributed by atoms with Gasteiger partial charge in [-0.1, -0.05) is 0 Å². The third-order valence-electron chi connectivity index (χ3n) is 2.90. The third kappa shape index (κ3) is 2.88. The summed E-state index contributed by atoms with van der Waals surface area (Å²) in [6.45, 7) is 3.66. The van der Waals surface area contributed by atoms with E-state index in [1.54, 1.807) is 18.5 Å². The second kappa shape index (κ2) is 5.09. The molecule has 2 aromatic rings. The van der Waals surface area contributed by atoms with Gasteiger partial charge < -0.3 is 10.3 Å². The summed E-state index contributed by atoms with van der Waals surface area (Å²) in [5.41, 5.74) is 7.79. The molecule has 0 bridgehead atoms. The molecule has 1 heterocycles. The smallest absolute Gasteiger partial charge is 0.285 e. The lowest BCUT2D eigenvalue weighted by molar-refractivity contribution is 0.594. The van der Waals surface area contributed by atoms with Crippen LogP contribution in [0.1, 0.15) is 11.4 Å². The molecule has 0 aliphatic carbocycles. The summed E-state index contributed by atoms with van der Waals surface area (Å²) in [4.78, 5) is 4.24.